The molecule has 0 bridgehead atoms. The number of nitrogens with zero attached hydrogens (tertiary/aromatic N) is 3. The van der Waals surface area contributed by atoms with Crippen molar-refractivity contribution in [1.29, 1.82) is 0 Å². The Kier molecular flexibility index (Phi) is 3.78. The second-order valence-electron chi connectivity index (χ2n) is 5.40. The first-order valence-electron chi connectivity index (χ1n) is 6.81. The number of amides is 1. The first kappa shape index (κ1) is 14.8. The molecule has 0 spiro atoms. The van der Waals surface area contributed by atoms with Crippen LogP contribution in [-0.2, 0) is 21.6 Å². The van der Waals surface area contributed by atoms with Crippen molar-refractivity contribution in [2.75, 3.05) is 12.3 Å². The maximum absolute atomic E-state index is 12.7. The van der Waals surface area contributed by atoms with E-state index in [9.17, 15) is 17.1 Å². The quantitative estimate of drug-likeness (QED) is 0.792. The highest BCUT2D eigenvalue weighted by Crippen LogP contribution is 2.22. The number of hydrogen-bond acceptors (Lipinski definition) is 5. The van der Waals surface area contributed by atoms with Gasteiger partial charge in [0.05, 0.1) is 35.2 Å². The van der Waals surface area contributed by atoms with Crippen LogP contribution in [0.25, 0.3) is 11.0 Å². The van der Waals surface area contributed by atoms with Gasteiger partial charge in [-0.15, -0.1) is 3.89 Å². The van der Waals surface area contributed by atoms with Gasteiger partial charge in [-0.05, 0) is 12.1 Å². The summed E-state index contributed by atoms with van der Waals surface area (Å²) < 4.78 is 34.1. The molecule has 0 saturated carbocycles. The van der Waals surface area contributed by atoms with Crippen molar-refractivity contribution >= 4 is 27.2 Å². The smallest absolute Gasteiger partial charge is 0.302 e. The number of benzene rings is 1. The Bertz CT molecular complexity index is 825. The lowest BCUT2D eigenvalue weighted by atomic mass is 10.1. The maximum atomic E-state index is 12.7. The van der Waals surface area contributed by atoms with Crippen molar-refractivity contribution in [3.63, 3.8) is 0 Å². The van der Waals surface area contributed by atoms with Gasteiger partial charge in [0.1, 0.15) is 0 Å². The Labute approximate surface area is 127 Å². The van der Waals surface area contributed by atoms with Crippen molar-refractivity contribution in [1.82, 2.24) is 14.9 Å². The lowest BCUT2D eigenvalue weighted by molar-refractivity contribution is -0.128. The normalized spacial score (nSPS) is 19.0. The van der Waals surface area contributed by atoms with Crippen LogP contribution in [0.5, 0.6) is 0 Å². The lowest BCUT2D eigenvalue weighted by Gasteiger charge is -2.15. The third-order valence-electron chi connectivity index (χ3n) is 3.58. The highest BCUT2D eigenvalue weighted by molar-refractivity contribution is 7.86. The molecular weight excluding hydrogens is 309 g/mol. The van der Waals surface area contributed by atoms with Crippen molar-refractivity contribution in [2.45, 2.75) is 13.0 Å². The van der Waals surface area contributed by atoms with E-state index in [0.29, 0.717) is 5.69 Å². The number of carbonyl (C=O) groups is 1. The molecule has 0 radical (unpaired) electrons. The van der Waals surface area contributed by atoms with Crippen molar-refractivity contribution in [2.24, 2.45) is 5.92 Å². The van der Waals surface area contributed by atoms with Crippen LogP contribution >= 0.6 is 0 Å². The summed E-state index contributed by atoms with van der Waals surface area (Å²) in [5.41, 5.74) is 2.12. The molecular formula is C14H14FN3O3S. The van der Waals surface area contributed by atoms with Gasteiger partial charge in [-0.3, -0.25) is 9.78 Å². The van der Waals surface area contributed by atoms with Crippen molar-refractivity contribution < 1.29 is 17.1 Å². The minimum Gasteiger partial charge on any atom is -0.336 e. The van der Waals surface area contributed by atoms with Crippen LogP contribution in [0.1, 0.15) is 12.1 Å². The average Bonchev–Trinajstić information content (AvgIpc) is 2.76. The van der Waals surface area contributed by atoms with Gasteiger partial charge in [-0.1, -0.05) is 12.1 Å². The summed E-state index contributed by atoms with van der Waals surface area (Å²) in [5, 5.41) is 0. The van der Waals surface area contributed by atoms with Gasteiger partial charge in [0.25, 0.3) is 0 Å². The molecule has 1 aliphatic heterocycles. The molecule has 6 nitrogen and oxygen atoms in total. The summed E-state index contributed by atoms with van der Waals surface area (Å²) in [7, 11) is -4.56. The third-order valence-corrected chi connectivity index (χ3v) is 4.45. The molecule has 1 aromatic carbocycles. The molecule has 2 heterocycles. The molecule has 8 heteroatoms. The summed E-state index contributed by atoms with van der Waals surface area (Å²) in [5.74, 6) is -1.31. The summed E-state index contributed by atoms with van der Waals surface area (Å²) in [6, 6.07) is 7.39. The molecule has 3 rings (SSSR count). The standard InChI is InChI=1S/C14H14FN3O3S/c15-22(20,21)9-10-5-14(19)18(7-10)8-11-6-16-12-3-1-2-4-13(12)17-11/h1-4,6,10H,5,7-9H2. The van der Waals surface area contributed by atoms with Crippen LogP contribution in [0.2, 0.25) is 0 Å². The molecule has 1 aliphatic rings. The van der Waals surface area contributed by atoms with E-state index in [2.05, 4.69) is 9.97 Å². The minimum absolute atomic E-state index is 0.0458. The fourth-order valence-electron chi connectivity index (χ4n) is 2.67. The van der Waals surface area contributed by atoms with E-state index >= 15 is 0 Å². The molecule has 0 N–H and O–H groups in total. The van der Waals surface area contributed by atoms with Crippen LogP contribution in [0, 0.1) is 5.92 Å². The maximum Gasteiger partial charge on any atom is 0.302 e. The van der Waals surface area contributed by atoms with Gasteiger partial charge >= 0.3 is 10.2 Å². The van der Waals surface area contributed by atoms with E-state index in [-0.39, 0.29) is 25.4 Å². The Balaban J connectivity index is 1.73. The van der Waals surface area contributed by atoms with Crippen LogP contribution in [0.15, 0.2) is 30.5 Å². The molecule has 22 heavy (non-hydrogen) atoms. The van der Waals surface area contributed by atoms with Crippen LogP contribution in [0.4, 0.5) is 3.89 Å². The van der Waals surface area contributed by atoms with Crippen LogP contribution in [0.3, 0.4) is 0 Å². The SMILES string of the molecule is O=C1CC(CS(=O)(=O)F)CN1Cc1cnc2ccccc2n1. The highest BCUT2D eigenvalue weighted by Gasteiger charge is 2.32. The van der Waals surface area contributed by atoms with Gasteiger partial charge in [0.15, 0.2) is 0 Å². The van der Waals surface area contributed by atoms with Crippen LogP contribution < -0.4 is 0 Å². The van der Waals surface area contributed by atoms with E-state index < -0.39 is 21.9 Å². The van der Waals surface area contributed by atoms with Crippen molar-refractivity contribution in [3.8, 4) is 0 Å². The van der Waals surface area contributed by atoms with E-state index in [0.717, 1.165) is 11.0 Å². The number of hydrogen-bond donors (Lipinski definition) is 0. The summed E-state index contributed by atoms with van der Waals surface area (Å²) in [4.78, 5) is 22.1. The van der Waals surface area contributed by atoms with Gasteiger partial charge < -0.3 is 4.90 Å². The Hall–Kier alpha value is -2.09. The van der Waals surface area contributed by atoms with E-state index in [1.807, 2.05) is 24.3 Å². The number of para-hydroxylation sites is 2. The lowest BCUT2D eigenvalue weighted by Crippen LogP contribution is -2.26. The van der Waals surface area contributed by atoms with E-state index in [1.54, 1.807) is 6.20 Å². The number of aromatic nitrogens is 2. The fraction of sp³-hybridized carbons (Fsp3) is 0.357. The number of rotatable bonds is 4. The molecule has 1 unspecified atom stereocenters. The van der Waals surface area contributed by atoms with E-state index in [4.69, 9.17) is 0 Å². The average molecular weight is 323 g/mol. The van der Waals surface area contributed by atoms with Gasteiger partial charge in [0, 0.05) is 18.9 Å². The Morgan fingerprint density at radius 3 is 2.73 bits per heavy atom. The largest absolute Gasteiger partial charge is 0.336 e. The molecule has 1 fully saturated rings. The first-order chi connectivity index (χ1) is 10.4. The molecule has 1 atom stereocenters. The molecule has 116 valence electrons. The van der Waals surface area contributed by atoms with Crippen molar-refractivity contribution in [3.05, 3.63) is 36.2 Å². The summed E-state index contributed by atoms with van der Waals surface area (Å²) in [6.07, 6.45) is 1.64. The molecule has 2 aromatic rings. The second-order valence-corrected chi connectivity index (χ2v) is 6.81. The topological polar surface area (TPSA) is 80.2 Å². The molecule has 1 saturated heterocycles. The zero-order valence-electron chi connectivity index (χ0n) is 11.6. The Morgan fingerprint density at radius 2 is 2.00 bits per heavy atom. The molecule has 1 amide bonds. The zero-order valence-corrected chi connectivity index (χ0v) is 12.5. The second kappa shape index (κ2) is 5.60. The summed E-state index contributed by atoms with van der Waals surface area (Å²) >= 11 is 0. The third kappa shape index (κ3) is 3.38. The van der Waals surface area contributed by atoms with Gasteiger partial charge in [0.2, 0.25) is 5.91 Å². The number of carbonyl (C=O) groups excluding carboxylic acids is 1. The molecule has 1 aromatic heterocycles. The monoisotopic (exact) mass is 323 g/mol. The zero-order chi connectivity index (χ0) is 15.7. The fourth-order valence-corrected chi connectivity index (χ4v) is 3.45. The predicted octanol–water partition coefficient (Wildman–Crippen LogP) is 1.28. The highest BCUT2D eigenvalue weighted by atomic mass is 32.3. The predicted molar refractivity (Wildman–Crippen MR) is 78.0 cm³/mol. The number of fused-ring (bicyclic) bond motifs is 1. The van der Waals surface area contributed by atoms with Gasteiger partial charge in [-0.25, -0.2) is 4.98 Å². The first-order valence-corrected chi connectivity index (χ1v) is 8.37. The minimum atomic E-state index is -4.56. The number of likely N-dealkylation sites (tertiary alicyclic amines) is 1. The van der Waals surface area contributed by atoms with Crippen LogP contribution in [-0.4, -0.2) is 41.5 Å². The van der Waals surface area contributed by atoms with Gasteiger partial charge in [-0.2, -0.15) is 8.42 Å². The Morgan fingerprint density at radius 1 is 1.27 bits per heavy atom. The summed E-state index contributed by atoms with van der Waals surface area (Å²) in [6.45, 7) is 0.468. The number of halogens is 1. The molecule has 0 aliphatic carbocycles. The van der Waals surface area contributed by atoms with E-state index in [1.165, 1.54) is 4.90 Å².